The fraction of sp³-hybridized carbons (Fsp3) is 0.405. The van der Waals surface area contributed by atoms with Gasteiger partial charge in [0.2, 0.25) is 0 Å². The number of aromatic nitrogens is 5. The molecule has 2 N–H and O–H groups in total. The number of rotatable bonds is 3. The van der Waals surface area contributed by atoms with Gasteiger partial charge in [-0.2, -0.15) is 0 Å². The summed E-state index contributed by atoms with van der Waals surface area (Å²) in [5.41, 5.74) is 12.4. The van der Waals surface area contributed by atoms with E-state index in [0.717, 1.165) is 84.0 Å². The molecule has 3 atom stereocenters. The van der Waals surface area contributed by atoms with Crippen molar-refractivity contribution in [3.05, 3.63) is 89.0 Å². The third-order valence-electron chi connectivity index (χ3n) is 11.9. The molecule has 6 aromatic rings. The molecule has 9 rings (SSSR count). The molecule has 1 saturated heterocycles. The third kappa shape index (κ3) is 5.76. The molecule has 0 unspecified atom stereocenters. The zero-order valence-electron chi connectivity index (χ0n) is 30.6. The maximum Gasteiger partial charge on any atom is 0.256 e. The minimum absolute atomic E-state index is 0.0728. The first kappa shape index (κ1) is 33.7. The number of aryl methyl sites for hydroxylation is 2. The number of amides is 2. The predicted octanol–water partition coefficient (Wildman–Crippen LogP) is 7.59. The Hall–Kier alpha value is -5.16. The minimum atomic E-state index is -0.439. The molecular weight excluding hydrogens is 668 g/mol. The molecular formula is C42H45FN8O2. The first-order valence-corrected chi connectivity index (χ1v) is 19.1. The number of hydrogen-bond acceptors (Lipinski definition) is 6. The van der Waals surface area contributed by atoms with Crippen LogP contribution in [0.15, 0.2) is 60.7 Å². The van der Waals surface area contributed by atoms with E-state index < -0.39 is 5.82 Å². The number of imidazole rings is 1. The molecule has 0 radical (unpaired) electrons. The second kappa shape index (κ2) is 13.1. The van der Waals surface area contributed by atoms with Crippen LogP contribution in [0.3, 0.4) is 0 Å². The summed E-state index contributed by atoms with van der Waals surface area (Å²) < 4.78 is 20.6. The van der Waals surface area contributed by atoms with E-state index in [0.29, 0.717) is 47.5 Å². The Morgan fingerprint density at radius 2 is 1.70 bits per heavy atom. The lowest BCUT2D eigenvalue weighted by atomic mass is 9.97. The van der Waals surface area contributed by atoms with Crippen molar-refractivity contribution < 1.29 is 14.0 Å². The van der Waals surface area contributed by atoms with E-state index in [-0.39, 0.29) is 36.0 Å². The molecule has 6 heterocycles. The molecule has 2 aliphatic heterocycles. The van der Waals surface area contributed by atoms with E-state index in [2.05, 4.69) is 16.7 Å². The first-order chi connectivity index (χ1) is 25.7. The number of pyridine rings is 2. The number of carbonyl (C=O) groups excluding carboxylic acids is 2. The van der Waals surface area contributed by atoms with Crippen LogP contribution in [0.2, 0.25) is 0 Å². The second-order valence-electron chi connectivity index (χ2n) is 15.3. The van der Waals surface area contributed by atoms with Crippen LogP contribution in [-0.4, -0.2) is 71.4 Å². The highest BCUT2D eigenvalue weighted by atomic mass is 19.1. The fourth-order valence-electron chi connectivity index (χ4n) is 8.42. The van der Waals surface area contributed by atoms with E-state index in [4.69, 9.17) is 20.7 Å². The molecule has 3 aliphatic rings. The Bertz CT molecular complexity index is 2430. The lowest BCUT2D eigenvalue weighted by Crippen LogP contribution is -2.52. The van der Waals surface area contributed by atoms with Crippen molar-refractivity contribution >= 4 is 44.8 Å². The van der Waals surface area contributed by atoms with Gasteiger partial charge < -0.3 is 24.7 Å². The Labute approximate surface area is 307 Å². The van der Waals surface area contributed by atoms with Crippen LogP contribution < -0.4 is 5.73 Å². The largest absolute Gasteiger partial charge is 0.334 e. The van der Waals surface area contributed by atoms with E-state index >= 15 is 4.39 Å². The van der Waals surface area contributed by atoms with Gasteiger partial charge in [-0.25, -0.2) is 14.4 Å². The standard InChI is InChI=1S/C42H45FN8O2/c1-24-32(44)11-9-19-49(24)41(52)28-21-31(43)38-36(22-28)47-40(51(38)29-15-16-29)37-23-27-14-17-33-25(2)48(3)42(53)30-20-26-10-6-7-12-34(26)45-35(30)13-5-4-8-18-50(37)39(27)46-33/h6-7,10,12,14,17,20-25,29,32H,4-5,8-9,11,13,15-16,18-19,44H2,1-3H3/t24-,25-,32-/m1/s1. The fourth-order valence-corrected chi connectivity index (χ4v) is 8.42. The van der Waals surface area contributed by atoms with E-state index in [1.807, 2.05) is 61.9 Å². The van der Waals surface area contributed by atoms with Crippen LogP contribution >= 0.6 is 0 Å². The summed E-state index contributed by atoms with van der Waals surface area (Å²) in [6.45, 7) is 5.28. The summed E-state index contributed by atoms with van der Waals surface area (Å²) in [5, 5.41) is 1.91. The smallest absolute Gasteiger partial charge is 0.256 e. The zero-order valence-corrected chi connectivity index (χ0v) is 30.6. The zero-order chi connectivity index (χ0) is 36.5. The maximum absolute atomic E-state index is 16.3. The highest BCUT2D eigenvalue weighted by molar-refractivity contribution is 6.00. The number of piperidine rings is 1. The van der Waals surface area contributed by atoms with Crippen LogP contribution in [-0.2, 0) is 13.0 Å². The normalized spacial score (nSPS) is 21.5. The average Bonchev–Trinajstić information content (AvgIpc) is 3.84. The van der Waals surface area contributed by atoms with Gasteiger partial charge >= 0.3 is 0 Å². The lowest BCUT2D eigenvalue weighted by Gasteiger charge is -2.37. The van der Waals surface area contributed by atoms with E-state index in [1.165, 1.54) is 6.07 Å². The maximum atomic E-state index is 16.3. The summed E-state index contributed by atoms with van der Waals surface area (Å²) in [7, 11) is 1.83. The monoisotopic (exact) mass is 712 g/mol. The van der Waals surface area contributed by atoms with Gasteiger partial charge in [-0.05, 0) is 101 Å². The molecule has 53 heavy (non-hydrogen) atoms. The SMILES string of the molecule is C[C@@H]1c2ccc3cc(-c4nc5cc(C(=O)N6CCC[C@@H](N)[C@H]6C)cc(F)c5n4C4CC4)n(c3n2)CCCCCc2nc3ccccc3cc2C(=O)N1C. The van der Waals surface area contributed by atoms with Gasteiger partial charge in [0.15, 0.2) is 5.82 Å². The van der Waals surface area contributed by atoms with Crippen molar-refractivity contribution in [1.82, 2.24) is 33.9 Å². The Kier molecular flexibility index (Phi) is 8.29. The quantitative estimate of drug-likeness (QED) is 0.202. The number of likely N-dealkylation sites (tertiary alicyclic amines) is 1. The Morgan fingerprint density at radius 3 is 2.53 bits per heavy atom. The van der Waals surface area contributed by atoms with Crippen molar-refractivity contribution in [1.29, 1.82) is 0 Å². The Morgan fingerprint density at radius 1 is 0.868 bits per heavy atom. The number of benzene rings is 2. The van der Waals surface area contributed by atoms with Gasteiger partial charge in [0, 0.05) is 54.6 Å². The third-order valence-corrected chi connectivity index (χ3v) is 11.9. The number of nitrogens with two attached hydrogens (primary N) is 1. The van der Waals surface area contributed by atoms with Gasteiger partial charge in [-0.1, -0.05) is 24.6 Å². The summed E-state index contributed by atoms with van der Waals surface area (Å²) >= 11 is 0. The molecule has 2 aromatic carbocycles. The van der Waals surface area contributed by atoms with E-state index in [9.17, 15) is 9.59 Å². The van der Waals surface area contributed by atoms with Gasteiger partial charge in [0.1, 0.15) is 17.0 Å². The second-order valence-corrected chi connectivity index (χ2v) is 15.3. The molecule has 0 spiro atoms. The molecule has 2 fully saturated rings. The van der Waals surface area contributed by atoms with Crippen molar-refractivity contribution in [2.45, 2.75) is 95.9 Å². The number of halogens is 1. The van der Waals surface area contributed by atoms with Crippen LogP contribution in [0.1, 0.15) is 103 Å². The highest BCUT2D eigenvalue weighted by Crippen LogP contribution is 2.43. The van der Waals surface area contributed by atoms with Crippen LogP contribution in [0.25, 0.3) is 44.5 Å². The first-order valence-electron chi connectivity index (χ1n) is 19.1. The molecule has 1 aliphatic carbocycles. The number of fused-ring (bicyclic) bond motifs is 4. The van der Waals surface area contributed by atoms with Gasteiger partial charge in [0.05, 0.1) is 39.7 Å². The molecule has 11 heteroatoms. The predicted molar refractivity (Wildman–Crippen MR) is 204 cm³/mol. The van der Waals surface area contributed by atoms with Crippen molar-refractivity contribution in [3.8, 4) is 11.5 Å². The van der Waals surface area contributed by atoms with Crippen molar-refractivity contribution in [3.63, 3.8) is 0 Å². The summed E-state index contributed by atoms with van der Waals surface area (Å²) in [4.78, 5) is 46.7. The van der Waals surface area contributed by atoms with Crippen LogP contribution in [0, 0.1) is 5.82 Å². The van der Waals surface area contributed by atoms with E-state index in [1.54, 1.807) is 15.9 Å². The molecule has 4 aromatic heterocycles. The molecule has 1 saturated carbocycles. The molecule has 272 valence electrons. The van der Waals surface area contributed by atoms with Crippen molar-refractivity contribution in [2.24, 2.45) is 5.73 Å². The molecule has 2 amide bonds. The number of para-hydroxylation sites is 1. The topological polar surface area (TPSA) is 115 Å². The summed E-state index contributed by atoms with van der Waals surface area (Å²) in [6.07, 6.45) is 6.95. The van der Waals surface area contributed by atoms with Gasteiger partial charge in [-0.15, -0.1) is 0 Å². The lowest BCUT2D eigenvalue weighted by molar-refractivity contribution is 0.0604. The average molecular weight is 713 g/mol. The highest BCUT2D eigenvalue weighted by Gasteiger charge is 2.34. The van der Waals surface area contributed by atoms with Crippen molar-refractivity contribution in [2.75, 3.05) is 13.6 Å². The Balaban J connectivity index is 1.13. The molecule has 10 nitrogen and oxygen atoms in total. The summed E-state index contributed by atoms with van der Waals surface area (Å²) in [5.74, 6) is -0.0356. The summed E-state index contributed by atoms with van der Waals surface area (Å²) in [6, 6.07) is 18.8. The number of carbonyl (C=O) groups is 2. The van der Waals surface area contributed by atoms with Crippen LogP contribution in [0.4, 0.5) is 4.39 Å². The minimum Gasteiger partial charge on any atom is -0.334 e. The number of nitrogens with zero attached hydrogens (tertiary/aromatic N) is 7. The van der Waals surface area contributed by atoms with Gasteiger partial charge in [-0.3, -0.25) is 14.6 Å². The van der Waals surface area contributed by atoms with Gasteiger partial charge in [0.25, 0.3) is 11.8 Å². The van der Waals surface area contributed by atoms with Crippen LogP contribution in [0.5, 0.6) is 0 Å². The number of hydrogen-bond donors (Lipinski definition) is 1. The molecule has 2 bridgehead atoms.